The van der Waals surface area contributed by atoms with E-state index in [0.29, 0.717) is 17.8 Å². The zero-order valence-electron chi connectivity index (χ0n) is 11.7. The smallest absolute Gasteiger partial charge is 0.347 e. The highest BCUT2D eigenvalue weighted by molar-refractivity contribution is 5.95. The van der Waals surface area contributed by atoms with E-state index < -0.39 is 24.0 Å². The van der Waals surface area contributed by atoms with Gasteiger partial charge in [-0.2, -0.15) is 13.2 Å². The Morgan fingerprint density at radius 2 is 2.14 bits per heavy atom. The predicted molar refractivity (Wildman–Crippen MR) is 72.5 cm³/mol. The van der Waals surface area contributed by atoms with Gasteiger partial charge in [-0.15, -0.1) is 0 Å². The van der Waals surface area contributed by atoms with Gasteiger partial charge in [0.05, 0.1) is 6.42 Å². The summed E-state index contributed by atoms with van der Waals surface area (Å²) >= 11 is 0. The molecule has 1 aromatic rings. The van der Waals surface area contributed by atoms with Gasteiger partial charge in [-0.25, -0.2) is 4.98 Å². The van der Waals surface area contributed by atoms with Crippen LogP contribution >= 0.6 is 0 Å². The predicted octanol–water partition coefficient (Wildman–Crippen LogP) is 2.78. The average Bonchev–Trinajstić information content (AvgIpc) is 2.34. The summed E-state index contributed by atoms with van der Waals surface area (Å²) in [5.41, 5.74) is -0.143. The van der Waals surface area contributed by atoms with Crippen molar-refractivity contribution in [1.82, 2.24) is 10.3 Å². The first-order valence-corrected chi connectivity index (χ1v) is 6.45. The molecule has 0 fully saturated rings. The molecule has 0 unspecified atom stereocenters. The zero-order valence-corrected chi connectivity index (χ0v) is 11.7. The molecule has 7 heteroatoms. The lowest BCUT2D eigenvalue weighted by Crippen LogP contribution is -2.47. The number of amides is 1. The second kappa shape index (κ2) is 5.38. The molecule has 2 rings (SSSR count). The molecule has 2 N–H and O–H groups in total. The highest BCUT2D eigenvalue weighted by Crippen LogP contribution is 2.28. The lowest BCUT2D eigenvalue weighted by molar-refractivity contribution is -0.149. The number of carbonyl (C=O) groups excluding carboxylic acids is 1. The molecule has 21 heavy (non-hydrogen) atoms. The standard InChI is InChI=1S/C14H16F3N3O/c1-13(2,8-14(15,16)17)20-12(21)10-6-9-4-3-5-18-11(9)19-7-10/h3-5,7H,6,8H2,1-2H3,(H,18,19)(H,20,21). The number of alkyl halides is 3. The SMILES string of the molecule is CC(C)(CC(F)(F)F)NC(=O)C1=CNc2ncccc2C1. The van der Waals surface area contributed by atoms with Gasteiger partial charge in [0.15, 0.2) is 0 Å². The minimum absolute atomic E-state index is 0.337. The second-order valence-corrected chi connectivity index (χ2v) is 5.63. The maximum Gasteiger partial charge on any atom is 0.391 e. The molecule has 0 radical (unpaired) electrons. The van der Waals surface area contributed by atoms with Gasteiger partial charge in [-0.3, -0.25) is 4.79 Å². The number of pyridine rings is 1. The minimum atomic E-state index is -4.33. The number of nitrogens with one attached hydrogen (secondary N) is 2. The van der Waals surface area contributed by atoms with Crippen LogP contribution in [-0.2, 0) is 11.2 Å². The number of carbonyl (C=O) groups is 1. The summed E-state index contributed by atoms with van der Waals surface area (Å²) in [6.45, 7) is 2.70. The maximum absolute atomic E-state index is 12.5. The van der Waals surface area contributed by atoms with Crippen LogP contribution in [0.4, 0.5) is 19.0 Å². The van der Waals surface area contributed by atoms with E-state index in [1.54, 1.807) is 12.3 Å². The molecule has 4 nitrogen and oxygen atoms in total. The van der Waals surface area contributed by atoms with Gasteiger partial charge in [-0.05, 0) is 25.5 Å². The van der Waals surface area contributed by atoms with Crippen molar-refractivity contribution in [3.05, 3.63) is 35.7 Å². The van der Waals surface area contributed by atoms with Gasteiger partial charge in [0.25, 0.3) is 0 Å². The zero-order chi connectivity index (χ0) is 15.7. The van der Waals surface area contributed by atoms with Crippen LogP contribution in [0.15, 0.2) is 30.1 Å². The van der Waals surface area contributed by atoms with Crippen LogP contribution in [0.3, 0.4) is 0 Å². The minimum Gasteiger partial charge on any atom is -0.347 e. The molecule has 0 atom stereocenters. The van der Waals surface area contributed by atoms with Gasteiger partial charge in [0, 0.05) is 29.9 Å². The monoisotopic (exact) mass is 299 g/mol. The summed E-state index contributed by atoms with van der Waals surface area (Å²) in [6, 6.07) is 3.56. The fraction of sp³-hybridized carbons (Fsp3) is 0.429. The van der Waals surface area contributed by atoms with Gasteiger partial charge >= 0.3 is 6.18 Å². The summed E-state index contributed by atoms with van der Waals surface area (Å²) in [6.07, 6.45) is -1.97. The third kappa shape index (κ3) is 4.21. The van der Waals surface area contributed by atoms with E-state index >= 15 is 0 Å². The maximum atomic E-state index is 12.5. The highest BCUT2D eigenvalue weighted by Gasteiger charge is 2.37. The van der Waals surface area contributed by atoms with Crippen LogP contribution in [0.1, 0.15) is 25.8 Å². The molecule has 1 aliphatic rings. The Morgan fingerprint density at radius 3 is 2.81 bits per heavy atom. The van der Waals surface area contributed by atoms with Crippen LogP contribution in [0, 0.1) is 0 Å². The quantitative estimate of drug-likeness (QED) is 0.902. The number of anilines is 1. The number of hydrogen-bond donors (Lipinski definition) is 2. The first-order chi connectivity index (χ1) is 9.66. The van der Waals surface area contributed by atoms with Crippen molar-refractivity contribution in [2.45, 2.75) is 38.4 Å². The Balaban J connectivity index is 2.04. The van der Waals surface area contributed by atoms with Gasteiger partial charge in [-0.1, -0.05) is 6.07 Å². The van der Waals surface area contributed by atoms with Crippen molar-refractivity contribution >= 4 is 11.7 Å². The van der Waals surface area contributed by atoms with Gasteiger partial charge in [0.2, 0.25) is 5.91 Å². The van der Waals surface area contributed by atoms with Crippen molar-refractivity contribution in [3.63, 3.8) is 0 Å². The van der Waals surface area contributed by atoms with E-state index in [4.69, 9.17) is 0 Å². The molecule has 0 saturated carbocycles. The van der Waals surface area contributed by atoms with E-state index in [0.717, 1.165) is 5.56 Å². The molecule has 2 heterocycles. The number of nitrogens with zero attached hydrogens (tertiary/aromatic N) is 1. The fourth-order valence-electron chi connectivity index (χ4n) is 2.20. The summed E-state index contributed by atoms with van der Waals surface area (Å²) in [7, 11) is 0. The summed E-state index contributed by atoms with van der Waals surface area (Å²) < 4.78 is 37.4. The lowest BCUT2D eigenvalue weighted by Gasteiger charge is -2.28. The Labute approximate surface area is 120 Å². The molecular formula is C14H16F3N3O. The Bertz CT molecular complexity index is 579. The topological polar surface area (TPSA) is 54.0 Å². The molecule has 0 aliphatic carbocycles. The van der Waals surface area contributed by atoms with Crippen molar-refractivity contribution in [2.24, 2.45) is 0 Å². The van der Waals surface area contributed by atoms with E-state index in [1.165, 1.54) is 20.0 Å². The van der Waals surface area contributed by atoms with Crippen molar-refractivity contribution in [1.29, 1.82) is 0 Å². The van der Waals surface area contributed by atoms with Gasteiger partial charge < -0.3 is 10.6 Å². The Kier molecular flexibility index (Phi) is 3.93. The van der Waals surface area contributed by atoms with Crippen LogP contribution in [-0.4, -0.2) is 22.6 Å². The van der Waals surface area contributed by atoms with Crippen LogP contribution in [0.2, 0.25) is 0 Å². The normalized spacial score (nSPS) is 14.8. The van der Waals surface area contributed by atoms with Crippen LogP contribution < -0.4 is 10.6 Å². The number of halogens is 3. The first kappa shape index (κ1) is 15.3. The Hall–Kier alpha value is -2.05. The molecule has 0 saturated heterocycles. The molecule has 0 spiro atoms. The molecule has 1 amide bonds. The van der Waals surface area contributed by atoms with Gasteiger partial charge in [0.1, 0.15) is 5.82 Å². The van der Waals surface area contributed by atoms with E-state index in [-0.39, 0.29) is 0 Å². The number of aromatic nitrogens is 1. The third-order valence-electron chi connectivity index (χ3n) is 3.04. The molecule has 1 aromatic heterocycles. The van der Waals surface area contributed by atoms with E-state index in [2.05, 4.69) is 15.6 Å². The number of hydrogen-bond acceptors (Lipinski definition) is 3. The molecule has 1 aliphatic heterocycles. The molecular weight excluding hydrogens is 283 g/mol. The van der Waals surface area contributed by atoms with Crippen molar-refractivity contribution in [2.75, 3.05) is 5.32 Å². The summed E-state index contributed by atoms with van der Waals surface area (Å²) in [5.74, 6) is 0.148. The third-order valence-corrected chi connectivity index (χ3v) is 3.04. The van der Waals surface area contributed by atoms with Crippen molar-refractivity contribution in [3.8, 4) is 0 Å². The summed E-state index contributed by atoms with van der Waals surface area (Å²) in [5, 5.41) is 5.30. The van der Waals surface area contributed by atoms with Crippen LogP contribution in [0.25, 0.3) is 0 Å². The fourth-order valence-corrected chi connectivity index (χ4v) is 2.20. The molecule has 114 valence electrons. The molecule has 0 bridgehead atoms. The van der Waals surface area contributed by atoms with Crippen molar-refractivity contribution < 1.29 is 18.0 Å². The largest absolute Gasteiger partial charge is 0.391 e. The average molecular weight is 299 g/mol. The first-order valence-electron chi connectivity index (χ1n) is 6.45. The van der Waals surface area contributed by atoms with E-state index in [1.807, 2.05) is 6.07 Å². The lowest BCUT2D eigenvalue weighted by atomic mass is 9.97. The second-order valence-electron chi connectivity index (χ2n) is 5.63. The Morgan fingerprint density at radius 1 is 1.43 bits per heavy atom. The number of rotatable bonds is 3. The number of fused-ring (bicyclic) bond motifs is 1. The summed E-state index contributed by atoms with van der Waals surface area (Å²) in [4.78, 5) is 16.2. The molecule has 0 aromatic carbocycles. The highest BCUT2D eigenvalue weighted by atomic mass is 19.4. The van der Waals surface area contributed by atoms with E-state index in [9.17, 15) is 18.0 Å². The van der Waals surface area contributed by atoms with Crippen LogP contribution in [0.5, 0.6) is 0 Å².